The van der Waals surface area contributed by atoms with Crippen LogP contribution < -0.4 is 34.4 Å². The Kier molecular flexibility index (Phi) is 11.5. The van der Waals surface area contributed by atoms with Gasteiger partial charge in [0.05, 0.1) is 24.8 Å². The lowest BCUT2D eigenvalue weighted by Crippen LogP contribution is -2.68. The molecule has 0 unspecified atom stereocenters. The maximum Gasteiger partial charge on any atom is 0.187 e. The van der Waals surface area contributed by atoms with Gasteiger partial charge in [-0.05, 0) is 6.42 Å². The monoisotopic (exact) mass is 614 g/mol. The average Bonchev–Trinajstić information content (AvgIpc) is 3.27. The highest BCUT2D eigenvalue weighted by Gasteiger charge is 2.54. The largest absolute Gasteiger partial charge is 0.394 e. The summed E-state index contributed by atoms with van der Waals surface area (Å²) in [7, 11) is 0. The Morgan fingerprint density at radius 2 is 0.976 bits per heavy atom. The predicted molar refractivity (Wildman–Crippen MR) is 138 cm³/mol. The Morgan fingerprint density at radius 1 is 0.524 bits per heavy atom. The maximum atomic E-state index is 11.1. The van der Waals surface area contributed by atoms with Gasteiger partial charge in [0.15, 0.2) is 18.9 Å². The lowest BCUT2D eigenvalue weighted by molar-refractivity contribution is -0.306. The van der Waals surface area contributed by atoms with Crippen molar-refractivity contribution in [2.45, 2.75) is 123 Å². The third kappa shape index (κ3) is 6.60. The summed E-state index contributed by atoms with van der Waals surface area (Å²) in [6.45, 7) is -0.967. The Labute approximate surface area is 241 Å². The van der Waals surface area contributed by atoms with E-state index in [-0.39, 0.29) is 19.5 Å². The number of rotatable bonds is 9. The van der Waals surface area contributed by atoms with Crippen LogP contribution in [0.15, 0.2) is 0 Å². The molecule has 19 nitrogen and oxygen atoms in total. The molecule has 1 aliphatic carbocycles. The fraction of sp³-hybridized carbons (Fsp3) is 1.00. The molecule has 4 rings (SSSR count). The topological polar surface area (TPSA) is 353 Å². The molecule has 246 valence electrons. The number of ether oxygens (including phenoxy) is 6. The van der Waals surface area contributed by atoms with Crippen LogP contribution in [-0.4, -0.2) is 172 Å². The zero-order valence-corrected chi connectivity index (χ0v) is 22.8. The van der Waals surface area contributed by atoms with Crippen molar-refractivity contribution in [3.05, 3.63) is 0 Å². The van der Waals surface area contributed by atoms with Crippen LogP contribution in [0.2, 0.25) is 0 Å². The highest BCUT2D eigenvalue weighted by molar-refractivity contribution is 5.02. The summed E-state index contributed by atoms with van der Waals surface area (Å²) in [6, 6.07) is -4.18. The van der Waals surface area contributed by atoms with E-state index in [4.69, 9.17) is 62.8 Å². The molecule has 0 amide bonds. The van der Waals surface area contributed by atoms with Crippen LogP contribution in [-0.2, 0) is 28.4 Å². The predicted octanol–water partition coefficient (Wildman–Crippen LogP) is -8.90. The van der Waals surface area contributed by atoms with Gasteiger partial charge in [-0.25, -0.2) is 0 Å². The van der Waals surface area contributed by atoms with Gasteiger partial charge in [-0.2, -0.15) is 0 Å². The molecule has 0 aromatic rings. The number of aliphatic hydroxyl groups is 7. The van der Waals surface area contributed by atoms with Crippen molar-refractivity contribution in [3.63, 3.8) is 0 Å². The van der Waals surface area contributed by atoms with Crippen LogP contribution in [0.4, 0.5) is 0 Å². The first-order valence-corrected chi connectivity index (χ1v) is 13.9. The first kappa shape index (κ1) is 34.1. The molecule has 19 heteroatoms. The molecule has 0 aromatic heterocycles. The molecule has 0 aromatic carbocycles. The van der Waals surface area contributed by atoms with Crippen molar-refractivity contribution in [2.75, 3.05) is 19.7 Å². The zero-order chi connectivity index (χ0) is 31.0. The second kappa shape index (κ2) is 14.1. The zero-order valence-electron chi connectivity index (χ0n) is 22.8. The van der Waals surface area contributed by atoms with Gasteiger partial charge in [0.1, 0.15) is 67.1 Å². The van der Waals surface area contributed by atoms with E-state index in [1.54, 1.807) is 0 Å². The van der Waals surface area contributed by atoms with Gasteiger partial charge < -0.3 is 98.6 Å². The van der Waals surface area contributed by atoms with Crippen molar-refractivity contribution in [1.82, 2.24) is 0 Å². The molecule has 0 radical (unpaired) electrons. The van der Waals surface area contributed by atoms with E-state index in [1.807, 2.05) is 0 Å². The molecule has 1 saturated carbocycles. The first-order chi connectivity index (χ1) is 19.8. The van der Waals surface area contributed by atoms with E-state index in [0.717, 1.165) is 0 Å². The number of nitrogens with two attached hydrogens (primary N) is 6. The first-order valence-electron chi connectivity index (χ1n) is 13.9. The van der Waals surface area contributed by atoms with Crippen molar-refractivity contribution in [3.8, 4) is 0 Å². The highest BCUT2D eigenvalue weighted by atomic mass is 16.8. The molecule has 0 spiro atoms. The van der Waals surface area contributed by atoms with E-state index in [2.05, 4.69) is 0 Å². The van der Waals surface area contributed by atoms with E-state index in [1.165, 1.54) is 0 Å². The van der Waals surface area contributed by atoms with Crippen LogP contribution in [0.25, 0.3) is 0 Å². The molecule has 19 N–H and O–H groups in total. The Morgan fingerprint density at radius 3 is 1.45 bits per heavy atom. The number of hydrogen-bond donors (Lipinski definition) is 13. The lowest BCUT2D eigenvalue weighted by atomic mass is 9.84. The maximum absolute atomic E-state index is 11.1. The standard InChI is InChI=1S/C23H46N6O13/c24-2-7-13(32)15(34)10(28)21(37-7)40-18-6(27)1-5(26)12(31)20(18)42-23-17(36)19(9(4-30)39-23)41-22-11(29)16(35)14(33)8(3-25)38-22/h5-23,30-36H,1-4,24-29H2/t5-,6+,7-,8+,9-,10-,11-,12+,13-,14-,15-,16-,17-,18+,19-,20-,21+,22+,23+/m1/s1. The van der Waals surface area contributed by atoms with Crippen molar-refractivity contribution in [1.29, 1.82) is 0 Å². The SMILES string of the molecule is NC[C@@H]1O[C@@H](O[C@H]2[C@@H](O)[C@H](O[C@@H]3[C@@H](O)[C@H](N)C[C@H](N)[C@@H]3O[C@@H]3O[C@H](CN)[C@@H](O)[C@H](O)[C@H]3N)O[C@@H]2CO)[C@H](N)[C@@H](O)[C@@H]1O. The Bertz CT molecular complexity index is 868. The smallest absolute Gasteiger partial charge is 0.187 e. The van der Waals surface area contributed by atoms with Gasteiger partial charge in [0.25, 0.3) is 0 Å². The second-order valence-electron chi connectivity index (χ2n) is 11.2. The molecule has 19 atom stereocenters. The molecule has 4 fully saturated rings. The second-order valence-corrected chi connectivity index (χ2v) is 11.2. The Balaban J connectivity index is 1.50. The number of hydrogen-bond acceptors (Lipinski definition) is 19. The highest BCUT2D eigenvalue weighted by Crippen LogP contribution is 2.34. The summed E-state index contributed by atoms with van der Waals surface area (Å²) in [5, 5.41) is 73.0. The number of aliphatic hydroxyl groups excluding tert-OH is 7. The Hall–Kier alpha value is -0.760. The van der Waals surface area contributed by atoms with Gasteiger partial charge >= 0.3 is 0 Å². The van der Waals surface area contributed by atoms with Crippen LogP contribution in [0, 0.1) is 0 Å². The van der Waals surface area contributed by atoms with E-state index in [9.17, 15) is 35.7 Å². The molecule has 42 heavy (non-hydrogen) atoms. The lowest BCUT2D eigenvalue weighted by Gasteiger charge is -2.47. The molecule has 3 saturated heterocycles. The fourth-order valence-electron chi connectivity index (χ4n) is 5.74. The summed E-state index contributed by atoms with van der Waals surface area (Å²) in [5.41, 5.74) is 35.6. The summed E-state index contributed by atoms with van der Waals surface area (Å²) >= 11 is 0. The molecule has 3 heterocycles. The molecule has 4 aliphatic rings. The van der Waals surface area contributed by atoms with E-state index in [0.29, 0.717) is 0 Å². The summed E-state index contributed by atoms with van der Waals surface area (Å²) in [4.78, 5) is 0. The average molecular weight is 615 g/mol. The van der Waals surface area contributed by atoms with E-state index < -0.39 is 123 Å². The minimum Gasteiger partial charge on any atom is -0.394 e. The summed E-state index contributed by atoms with van der Waals surface area (Å²) in [5.74, 6) is 0. The van der Waals surface area contributed by atoms with Crippen molar-refractivity contribution < 1.29 is 64.2 Å². The molecule has 0 bridgehead atoms. The fourth-order valence-corrected chi connectivity index (χ4v) is 5.74. The van der Waals surface area contributed by atoms with Crippen molar-refractivity contribution >= 4 is 0 Å². The molecule has 3 aliphatic heterocycles. The molecular weight excluding hydrogens is 568 g/mol. The van der Waals surface area contributed by atoms with Gasteiger partial charge in [-0.1, -0.05) is 0 Å². The minimum atomic E-state index is -1.60. The minimum absolute atomic E-state index is 0.0889. The third-order valence-electron chi connectivity index (χ3n) is 8.37. The van der Waals surface area contributed by atoms with Gasteiger partial charge in [0.2, 0.25) is 0 Å². The summed E-state index contributed by atoms with van der Waals surface area (Å²) < 4.78 is 34.6. The van der Waals surface area contributed by atoms with Crippen LogP contribution in [0.1, 0.15) is 6.42 Å². The normalized spacial score (nSPS) is 53.8. The van der Waals surface area contributed by atoms with Crippen LogP contribution in [0.5, 0.6) is 0 Å². The van der Waals surface area contributed by atoms with Crippen LogP contribution in [0.3, 0.4) is 0 Å². The third-order valence-corrected chi connectivity index (χ3v) is 8.37. The van der Waals surface area contributed by atoms with E-state index >= 15 is 0 Å². The van der Waals surface area contributed by atoms with Crippen molar-refractivity contribution in [2.24, 2.45) is 34.4 Å². The summed E-state index contributed by atoms with van der Waals surface area (Å²) in [6.07, 6.45) is -19.8. The van der Waals surface area contributed by atoms with Gasteiger partial charge in [0, 0.05) is 25.2 Å². The van der Waals surface area contributed by atoms with Gasteiger partial charge in [-0.3, -0.25) is 0 Å². The molecular formula is C23H46N6O13. The van der Waals surface area contributed by atoms with Crippen LogP contribution >= 0.6 is 0 Å². The van der Waals surface area contributed by atoms with Gasteiger partial charge in [-0.15, -0.1) is 0 Å². The quantitative estimate of drug-likeness (QED) is 0.115.